The van der Waals surface area contributed by atoms with E-state index in [4.69, 9.17) is 23.2 Å². The molecule has 3 aliphatic rings. The Morgan fingerprint density at radius 1 is 0.792 bits per heavy atom. The van der Waals surface area contributed by atoms with Gasteiger partial charge in [-0.2, -0.15) is 26.3 Å². The first-order chi connectivity index (χ1) is 22.3. The second kappa shape index (κ2) is 13.3. The van der Waals surface area contributed by atoms with E-state index in [0.717, 1.165) is 0 Å². The third kappa shape index (κ3) is 7.36. The molecule has 2 saturated heterocycles. The van der Waals surface area contributed by atoms with Crippen LogP contribution in [0.4, 0.5) is 31.1 Å². The summed E-state index contributed by atoms with van der Waals surface area (Å²) < 4.78 is 82.0. The van der Waals surface area contributed by atoms with Gasteiger partial charge in [0, 0.05) is 75.1 Å². The molecule has 2 atom stereocenters. The zero-order chi connectivity index (χ0) is 35.3. The Morgan fingerprint density at radius 2 is 1.31 bits per heavy atom. The number of hydrogen-bond acceptors (Lipinski definition) is 3. The first kappa shape index (κ1) is 36.1. The van der Waals surface area contributed by atoms with Crippen molar-refractivity contribution in [3.63, 3.8) is 0 Å². The van der Waals surface area contributed by atoms with Gasteiger partial charge < -0.3 is 19.6 Å². The Morgan fingerprint density at radius 3 is 1.79 bits per heavy atom. The van der Waals surface area contributed by atoms with Crippen molar-refractivity contribution >= 4 is 41.0 Å². The molecule has 3 fully saturated rings. The average Bonchev–Trinajstić information content (AvgIpc) is 3.84. The second-order valence-corrected chi connectivity index (χ2v) is 13.9. The number of carbonyl (C=O) groups excluding carboxylic acids is 3. The van der Waals surface area contributed by atoms with Gasteiger partial charge in [-0.1, -0.05) is 23.2 Å². The van der Waals surface area contributed by atoms with Crippen LogP contribution in [-0.4, -0.2) is 83.8 Å². The standard InChI is InChI=1S/C33H36Cl2F6N4O3/c1-19(46)44-9-4-20(5-10-44)29(47)45-11-6-28(27(18-45)21-12-25(34)17-26(35)13-21)42(2)30(48)43(3)31(7-8-31)22-14-23(32(36,37)38)16-24(15-22)33(39,40)41/h12-17,20,27-28H,4-11,18H2,1-3H3. The molecule has 0 N–H and O–H groups in total. The lowest BCUT2D eigenvalue weighted by Gasteiger charge is -2.45. The van der Waals surface area contributed by atoms with Crippen molar-refractivity contribution in [2.24, 2.45) is 5.92 Å². The highest BCUT2D eigenvalue weighted by atomic mass is 35.5. The minimum absolute atomic E-state index is 0.0425. The summed E-state index contributed by atoms with van der Waals surface area (Å²) in [5.41, 5.74) is -3.78. The topological polar surface area (TPSA) is 64.2 Å². The third-order valence-corrected chi connectivity index (χ3v) is 10.5. The van der Waals surface area contributed by atoms with Gasteiger partial charge in [-0.05, 0) is 79.6 Å². The molecule has 0 radical (unpaired) electrons. The summed E-state index contributed by atoms with van der Waals surface area (Å²) in [4.78, 5) is 45.6. The summed E-state index contributed by atoms with van der Waals surface area (Å²) in [5, 5.41) is 0.703. The van der Waals surface area contributed by atoms with E-state index in [0.29, 0.717) is 66.6 Å². The van der Waals surface area contributed by atoms with Gasteiger partial charge in [0.15, 0.2) is 0 Å². The molecule has 5 rings (SSSR count). The van der Waals surface area contributed by atoms with Crippen LogP contribution in [-0.2, 0) is 27.5 Å². The predicted octanol–water partition coefficient (Wildman–Crippen LogP) is 7.65. The minimum Gasteiger partial charge on any atom is -0.343 e. The van der Waals surface area contributed by atoms with Crippen LogP contribution in [0.25, 0.3) is 0 Å². The lowest BCUT2D eigenvalue weighted by molar-refractivity contribution is -0.143. The first-order valence-electron chi connectivity index (χ1n) is 15.6. The van der Waals surface area contributed by atoms with E-state index in [2.05, 4.69) is 0 Å². The van der Waals surface area contributed by atoms with E-state index in [1.807, 2.05) is 0 Å². The van der Waals surface area contributed by atoms with Crippen LogP contribution in [0.1, 0.15) is 67.2 Å². The van der Waals surface area contributed by atoms with Crippen LogP contribution in [0, 0.1) is 5.92 Å². The second-order valence-electron chi connectivity index (χ2n) is 13.0. The van der Waals surface area contributed by atoms with Crippen LogP contribution in [0.15, 0.2) is 36.4 Å². The fraction of sp³-hybridized carbons (Fsp3) is 0.545. The molecule has 262 valence electrons. The van der Waals surface area contributed by atoms with Crippen LogP contribution in [0.2, 0.25) is 10.0 Å². The SMILES string of the molecule is CC(=O)N1CCC(C(=O)N2CCC(N(C)C(=O)N(C)C3(c4cc(C(F)(F)F)cc(C(F)(F)F)c4)CC3)C(c3cc(Cl)cc(Cl)c3)C2)CC1. The molecule has 2 aromatic carbocycles. The molecule has 2 heterocycles. The molecule has 1 saturated carbocycles. The van der Waals surface area contributed by atoms with Gasteiger partial charge in [-0.25, -0.2) is 4.79 Å². The molecule has 4 amide bonds. The van der Waals surface area contributed by atoms with Crippen molar-refractivity contribution in [1.29, 1.82) is 0 Å². The Labute approximate surface area is 284 Å². The van der Waals surface area contributed by atoms with Crippen LogP contribution in [0.3, 0.4) is 0 Å². The van der Waals surface area contributed by atoms with Gasteiger partial charge in [0.05, 0.1) is 16.7 Å². The number of hydrogen-bond donors (Lipinski definition) is 0. The van der Waals surface area contributed by atoms with Crippen molar-refractivity contribution < 1.29 is 40.7 Å². The van der Waals surface area contributed by atoms with E-state index < -0.39 is 47.0 Å². The van der Waals surface area contributed by atoms with E-state index >= 15 is 0 Å². The molecular formula is C33H36Cl2F6N4O3. The molecule has 2 unspecified atom stereocenters. The van der Waals surface area contributed by atoms with Gasteiger partial charge in [-0.3, -0.25) is 9.59 Å². The molecule has 7 nitrogen and oxygen atoms in total. The number of alkyl halides is 6. The highest BCUT2D eigenvalue weighted by Crippen LogP contribution is 2.53. The fourth-order valence-corrected chi connectivity index (χ4v) is 7.68. The average molecular weight is 722 g/mol. The summed E-state index contributed by atoms with van der Waals surface area (Å²) in [5.74, 6) is -0.823. The Kier molecular flexibility index (Phi) is 9.97. The molecular weight excluding hydrogens is 685 g/mol. The number of halogens is 8. The zero-order valence-electron chi connectivity index (χ0n) is 26.6. The Balaban J connectivity index is 1.41. The number of likely N-dealkylation sites (tertiary alicyclic amines) is 2. The van der Waals surface area contributed by atoms with E-state index in [1.165, 1.54) is 23.8 Å². The highest BCUT2D eigenvalue weighted by molar-refractivity contribution is 6.34. The normalized spacial score (nSPS) is 21.6. The highest BCUT2D eigenvalue weighted by Gasteiger charge is 2.53. The quantitative estimate of drug-likeness (QED) is 0.298. The molecule has 1 aliphatic carbocycles. The van der Waals surface area contributed by atoms with Crippen molar-refractivity contribution in [3.8, 4) is 0 Å². The summed E-state index contributed by atoms with van der Waals surface area (Å²) in [6.07, 6.45) is -8.27. The van der Waals surface area contributed by atoms with Gasteiger partial charge in [0.2, 0.25) is 11.8 Å². The zero-order valence-corrected chi connectivity index (χ0v) is 28.1. The smallest absolute Gasteiger partial charge is 0.343 e. The largest absolute Gasteiger partial charge is 0.416 e. The fourth-order valence-electron chi connectivity index (χ4n) is 7.14. The number of likely N-dealkylation sites (N-methyl/N-ethyl adjacent to an activating group) is 1. The van der Waals surface area contributed by atoms with Gasteiger partial charge in [0.1, 0.15) is 0 Å². The number of rotatable bonds is 5. The van der Waals surface area contributed by atoms with Crippen LogP contribution in [0.5, 0.6) is 0 Å². The monoisotopic (exact) mass is 720 g/mol. The lowest BCUT2D eigenvalue weighted by Crippen LogP contribution is -2.56. The predicted molar refractivity (Wildman–Crippen MR) is 167 cm³/mol. The first-order valence-corrected chi connectivity index (χ1v) is 16.4. The Hall–Kier alpha value is -3.19. The van der Waals surface area contributed by atoms with E-state index in [1.54, 1.807) is 35.0 Å². The molecule has 15 heteroatoms. The molecule has 0 bridgehead atoms. The van der Waals surface area contributed by atoms with Gasteiger partial charge in [0.25, 0.3) is 0 Å². The number of benzene rings is 2. The van der Waals surface area contributed by atoms with Crippen LogP contribution < -0.4 is 0 Å². The molecule has 0 aromatic heterocycles. The van der Waals surface area contributed by atoms with Gasteiger partial charge in [-0.15, -0.1) is 0 Å². The van der Waals surface area contributed by atoms with Gasteiger partial charge >= 0.3 is 18.4 Å². The number of piperidine rings is 2. The minimum atomic E-state index is -5.02. The maximum absolute atomic E-state index is 14.1. The summed E-state index contributed by atoms with van der Waals surface area (Å²) in [7, 11) is 2.93. The van der Waals surface area contributed by atoms with E-state index in [-0.39, 0.29) is 48.7 Å². The number of amides is 4. The number of nitrogens with zero attached hydrogens (tertiary/aromatic N) is 4. The molecule has 2 aliphatic heterocycles. The van der Waals surface area contributed by atoms with Crippen LogP contribution >= 0.6 is 23.2 Å². The van der Waals surface area contributed by atoms with Crippen molar-refractivity contribution in [2.75, 3.05) is 40.3 Å². The van der Waals surface area contributed by atoms with Crippen molar-refractivity contribution in [3.05, 3.63) is 68.7 Å². The summed E-state index contributed by atoms with van der Waals surface area (Å²) >= 11 is 12.7. The number of urea groups is 1. The van der Waals surface area contributed by atoms with E-state index in [9.17, 15) is 40.7 Å². The molecule has 0 spiro atoms. The maximum atomic E-state index is 14.1. The lowest BCUT2D eigenvalue weighted by atomic mass is 9.84. The summed E-state index contributed by atoms with van der Waals surface area (Å²) in [6.45, 7) is 3.00. The maximum Gasteiger partial charge on any atom is 0.416 e. The van der Waals surface area contributed by atoms with Crippen molar-refractivity contribution in [1.82, 2.24) is 19.6 Å². The number of carbonyl (C=O) groups is 3. The van der Waals surface area contributed by atoms with Crippen molar-refractivity contribution in [2.45, 2.75) is 68.9 Å². The molecule has 48 heavy (non-hydrogen) atoms. The summed E-state index contributed by atoms with van der Waals surface area (Å²) in [6, 6.07) is 5.32. The molecule has 2 aromatic rings. The third-order valence-electron chi connectivity index (χ3n) is 10.1. The Bertz CT molecular complexity index is 1520.